The SMILES string of the molecule is CCOC(=O)C1(C)CCCN(C(=O)c2ccc(OC)c(OC)c2)C1. The van der Waals surface area contributed by atoms with E-state index in [4.69, 9.17) is 14.2 Å². The van der Waals surface area contributed by atoms with E-state index in [2.05, 4.69) is 0 Å². The molecular formula is C18H25NO5. The smallest absolute Gasteiger partial charge is 0.313 e. The fourth-order valence-electron chi connectivity index (χ4n) is 3.04. The van der Waals surface area contributed by atoms with Gasteiger partial charge in [0, 0.05) is 18.7 Å². The Morgan fingerprint density at radius 1 is 1.21 bits per heavy atom. The maximum absolute atomic E-state index is 12.8. The molecule has 0 aromatic heterocycles. The number of piperidine rings is 1. The molecule has 24 heavy (non-hydrogen) atoms. The van der Waals surface area contributed by atoms with Gasteiger partial charge >= 0.3 is 5.97 Å². The Balaban J connectivity index is 2.19. The first kappa shape index (κ1) is 18.1. The Labute approximate surface area is 142 Å². The molecule has 1 atom stereocenters. The van der Waals surface area contributed by atoms with Crippen LogP contribution in [0, 0.1) is 5.41 Å². The average Bonchev–Trinajstić information content (AvgIpc) is 2.60. The van der Waals surface area contributed by atoms with Crippen LogP contribution in [0.15, 0.2) is 18.2 Å². The molecule has 1 amide bonds. The highest BCUT2D eigenvalue weighted by atomic mass is 16.5. The molecule has 1 unspecified atom stereocenters. The maximum atomic E-state index is 12.8. The van der Waals surface area contributed by atoms with Crippen LogP contribution in [-0.2, 0) is 9.53 Å². The van der Waals surface area contributed by atoms with Crippen molar-refractivity contribution in [3.8, 4) is 11.5 Å². The summed E-state index contributed by atoms with van der Waals surface area (Å²) >= 11 is 0. The van der Waals surface area contributed by atoms with E-state index in [-0.39, 0.29) is 11.9 Å². The van der Waals surface area contributed by atoms with Crippen molar-refractivity contribution < 1.29 is 23.8 Å². The van der Waals surface area contributed by atoms with Gasteiger partial charge in [-0.2, -0.15) is 0 Å². The Kier molecular flexibility index (Phi) is 5.70. The summed E-state index contributed by atoms with van der Waals surface area (Å²) in [7, 11) is 3.08. The van der Waals surface area contributed by atoms with Crippen LogP contribution in [0.4, 0.5) is 0 Å². The number of benzene rings is 1. The first-order valence-corrected chi connectivity index (χ1v) is 8.13. The highest BCUT2D eigenvalue weighted by Gasteiger charge is 2.40. The van der Waals surface area contributed by atoms with Crippen LogP contribution in [0.3, 0.4) is 0 Å². The van der Waals surface area contributed by atoms with Gasteiger partial charge in [-0.15, -0.1) is 0 Å². The van der Waals surface area contributed by atoms with Crippen LogP contribution in [0.5, 0.6) is 11.5 Å². The number of methoxy groups -OCH3 is 2. The molecule has 0 N–H and O–H groups in total. The van der Waals surface area contributed by atoms with Crippen molar-refractivity contribution in [2.45, 2.75) is 26.7 Å². The first-order chi connectivity index (χ1) is 11.4. The molecule has 6 nitrogen and oxygen atoms in total. The highest BCUT2D eigenvalue weighted by Crippen LogP contribution is 2.33. The lowest BCUT2D eigenvalue weighted by molar-refractivity contribution is -0.157. The van der Waals surface area contributed by atoms with Crippen LogP contribution in [0.1, 0.15) is 37.0 Å². The second kappa shape index (κ2) is 7.55. The van der Waals surface area contributed by atoms with E-state index >= 15 is 0 Å². The molecule has 2 rings (SSSR count). The van der Waals surface area contributed by atoms with Crippen molar-refractivity contribution in [2.24, 2.45) is 5.41 Å². The van der Waals surface area contributed by atoms with Crippen LogP contribution >= 0.6 is 0 Å². The van der Waals surface area contributed by atoms with Gasteiger partial charge in [0.15, 0.2) is 11.5 Å². The second-order valence-corrected chi connectivity index (χ2v) is 6.18. The molecule has 6 heteroatoms. The lowest BCUT2D eigenvalue weighted by atomic mass is 9.81. The zero-order valence-corrected chi connectivity index (χ0v) is 14.8. The van der Waals surface area contributed by atoms with Crippen molar-refractivity contribution in [2.75, 3.05) is 33.9 Å². The molecular weight excluding hydrogens is 310 g/mol. The lowest BCUT2D eigenvalue weighted by Gasteiger charge is -2.38. The third-order valence-electron chi connectivity index (χ3n) is 4.38. The van der Waals surface area contributed by atoms with Crippen molar-refractivity contribution in [1.82, 2.24) is 4.90 Å². The number of likely N-dealkylation sites (tertiary alicyclic amines) is 1. The van der Waals surface area contributed by atoms with Gasteiger partial charge in [-0.1, -0.05) is 0 Å². The summed E-state index contributed by atoms with van der Waals surface area (Å²) in [5.74, 6) is 0.721. The fourth-order valence-corrected chi connectivity index (χ4v) is 3.04. The standard InChI is InChI=1S/C18H25NO5/c1-5-24-17(21)18(2)9-6-10-19(12-18)16(20)13-7-8-14(22-3)15(11-13)23-4/h7-8,11H,5-6,9-10,12H2,1-4H3. The maximum Gasteiger partial charge on any atom is 0.313 e. The number of esters is 1. The van der Waals surface area contributed by atoms with Crippen molar-refractivity contribution >= 4 is 11.9 Å². The number of carbonyl (C=O) groups excluding carboxylic acids is 2. The van der Waals surface area contributed by atoms with E-state index in [1.165, 1.54) is 7.11 Å². The summed E-state index contributed by atoms with van der Waals surface area (Å²) in [6.45, 7) is 4.98. The van der Waals surface area contributed by atoms with Gasteiger partial charge in [-0.05, 0) is 44.9 Å². The third kappa shape index (κ3) is 3.63. The zero-order chi connectivity index (χ0) is 17.7. The molecule has 1 saturated heterocycles. The summed E-state index contributed by atoms with van der Waals surface area (Å²) in [6.07, 6.45) is 1.50. The number of nitrogens with zero attached hydrogens (tertiary/aromatic N) is 1. The van der Waals surface area contributed by atoms with Gasteiger partial charge in [0.25, 0.3) is 5.91 Å². The van der Waals surface area contributed by atoms with Crippen LogP contribution in [0.25, 0.3) is 0 Å². The molecule has 1 aliphatic rings. The Morgan fingerprint density at radius 3 is 2.54 bits per heavy atom. The summed E-state index contributed by atoms with van der Waals surface area (Å²) in [4.78, 5) is 26.7. The summed E-state index contributed by atoms with van der Waals surface area (Å²) in [5.41, 5.74) is -0.138. The minimum Gasteiger partial charge on any atom is -0.493 e. The van der Waals surface area contributed by atoms with Gasteiger partial charge in [-0.3, -0.25) is 9.59 Å². The third-order valence-corrected chi connectivity index (χ3v) is 4.38. The molecule has 1 heterocycles. The quantitative estimate of drug-likeness (QED) is 0.774. The van der Waals surface area contributed by atoms with E-state index in [1.807, 2.05) is 6.92 Å². The number of carbonyl (C=O) groups is 2. The van der Waals surface area contributed by atoms with Gasteiger partial charge in [0.2, 0.25) is 0 Å². The van der Waals surface area contributed by atoms with Gasteiger partial charge < -0.3 is 19.1 Å². The molecule has 1 aromatic carbocycles. The van der Waals surface area contributed by atoms with Gasteiger partial charge in [0.1, 0.15) is 0 Å². The Morgan fingerprint density at radius 2 is 1.92 bits per heavy atom. The number of hydrogen-bond acceptors (Lipinski definition) is 5. The van der Waals surface area contributed by atoms with E-state index in [0.717, 1.165) is 12.8 Å². The monoisotopic (exact) mass is 335 g/mol. The lowest BCUT2D eigenvalue weighted by Crippen LogP contribution is -2.49. The van der Waals surface area contributed by atoms with Crippen LogP contribution in [0.2, 0.25) is 0 Å². The Bertz CT molecular complexity index is 615. The molecule has 0 saturated carbocycles. The zero-order valence-electron chi connectivity index (χ0n) is 14.8. The van der Waals surface area contributed by atoms with E-state index in [9.17, 15) is 9.59 Å². The number of hydrogen-bond donors (Lipinski definition) is 0. The molecule has 1 aromatic rings. The van der Waals surface area contributed by atoms with Crippen LogP contribution < -0.4 is 9.47 Å². The van der Waals surface area contributed by atoms with E-state index < -0.39 is 5.41 Å². The minimum atomic E-state index is -0.652. The predicted octanol–water partition coefficient (Wildman–Crippen LogP) is 2.51. The van der Waals surface area contributed by atoms with E-state index in [1.54, 1.807) is 37.1 Å². The normalized spacial score (nSPS) is 20.4. The van der Waals surface area contributed by atoms with Crippen molar-refractivity contribution in [1.29, 1.82) is 0 Å². The van der Waals surface area contributed by atoms with Gasteiger partial charge in [-0.25, -0.2) is 0 Å². The molecule has 0 radical (unpaired) electrons. The molecule has 1 fully saturated rings. The largest absolute Gasteiger partial charge is 0.493 e. The molecule has 1 aliphatic heterocycles. The highest BCUT2D eigenvalue weighted by molar-refractivity contribution is 5.95. The number of ether oxygens (including phenoxy) is 3. The van der Waals surface area contributed by atoms with Crippen LogP contribution in [-0.4, -0.2) is 50.7 Å². The number of rotatable bonds is 5. The number of amides is 1. The fraction of sp³-hybridized carbons (Fsp3) is 0.556. The molecule has 0 spiro atoms. The average molecular weight is 335 g/mol. The summed E-state index contributed by atoms with van der Waals surface area (Å²) < 4.78 is 15.6. The first-order valence-electron chi connectivity index (χ1n) is 8.13. The minimum absolute atomic E-state index is 0.119. The molecule has 0 bridgehead atoms. The second-order valence-electron chi connectivity index (χ2n) is 6.18. The Hall–Kier alpha value is -2.24. The van der Waals surface area contributed by atoms with Gasteiger partial charge in [0.05, 0.1) is 26.2 Å². The molecule has 132 valence electrons. The summed E-state index contributed by atoms with van der Waals surface area (Å²) in [5, 5.41) is 0. The topological polar surface area (TPSA) is 65.1 Å². The molecule has 0 aliphatic carbocycles. The summed E-state index contributed by atoms with van der Waals surface area (Å²) in [6, 6.07) is 5.08. The van der Waals surface area contributed by atoms with Crippen molar-refractivity contribution in [3.05, 3.63) is 23.8 Å². The predicted molar refractivity (Wildman–Crippen MR) is 89.4 cm³/mol. The van der Waals surface area contributed by atoms with E-state index in [0.29, 0.717) is 36.8 Å². The van der Waals surface area contributed by atoms with Crippen molar-refractivity contribution in [3.63, 3.8) is 0 Å².